The Hall–Kier alpha value is -1.14. The van der Waals surface area contributed by atoms with Crippen molar-refractivity contribution in [1.29, 1.82) is 0 Å². The molecule has 6 heteroatoms. The van der Waals surface area contributed by atoms with Crippen molar-refractivity contribution in [2.45, 2.75) is 31.4 Å². The van der Waals surface area contributed by atoms with Gasteiger partial charge in [-0.3, -0.25) is 10.1 Å². The van der Waals surface area contributed by atoms with Crippen LogP contribution in [-0.2, 0) is 0 Å². The molecule has 0 amide bonds. The number of benzene rings is 1. The van der Waals surface area contributed by atoms with Crippen molar-refractivity contribution >= 4 is 27.3 Å². The largest absolute Gasteiger partial charge is 0.393 e. The number of hydrogen-bond donors (Lipinski definition) is 2. The van der Waals surface area contributed by atoms with Crippen molar-refractivity contribution in [3.63, 3.8) is 0 Å². The molecular formula is C11H13BrN2O3. The number of halogens is 1. The van der Waals surface area contributed by atoms with Gasteiger partial charge in [0.05, 0.1) is 11.0 Å². The lowest BCUT2D eigenvalue weighted by Crippen LogP contribution is -2.17. The Bertz CT molecular complexity index is 439. The molecule has 1 aliphatic carbocycles. The zero-order valence-electron chi connectivity index (χ0n) is 9.10. The third kappa shape index (κ3) is 2.95. The average molecular weight is 301 g/mol. The normalized spacial score (nSPS) is 23.6. The molecule has 1 aliphatic rings. The second-order valence-electron chi connectivity index (χ2n) is 4.23. The summed E-state index contributed by atoms with van der Waals surface area (Å²) in [6.07, 6.45) is 1.94. The molecule has 2 rings (SSSR count). The molecule has 0 spiro atoms. The first-order valence-corrected chi connectivity index (χ1v) is 6.24. The highest BCUT2D eigenvalue weighted by molar-refractivity contribution is 9.10. The fourth-order valence-electron chi connectivity index (χ4n) is 2.09. The summed E-state index contributed by atoms with van der Waals surface area (Å²) in [6, 6.07) is 4.92. The van der Waals surface area contributed by atoms with Crippen molar-refractivity contribution in [1.82, 2.24) is 0 Å². The maximum atomic E-state index is 10.9. The fourth-order valence-corrected chi connectivity index (χ4v) is 2.45. The van der Waals surface area contributed by atoms with Gasteiger partial charge >= 0.3 is 0 Å². The third-order valence-corrected chi connectivity index (χ3v) is 3.41. The van der Waals surface area contributed by atoms with Crippen LogP contribution in [0.3, 0.4) is 0 Å². The second-order valence-corrected chi connectivity index (χ2v) is 5.14. The Morgan fingerprint density at radius 2 is 2.24 bits per heavy atom. The van der Waals surface area contributed by atoms with Gasteiger partial charge in [-0.15, -0.1) is 0 Å². The highest BCUT2D eigenvalue weighted by Gasteiger charge is 2.25. The van der Waals surface area contributed by atoms with Crippen LogP contribution < -0.4 is 5.32 Å². The van der Waals surface area contributed by atoms with Gasteiger partial charge in [-0.2, -0.15) is 0 Å². The van der Waals surface area contributed by atoms with Crippen molar-refractivity contribution < 1.29 is 10.0 Å². The number of rotatable bonds is 3. The van der Waals surface area contributed by atoms with Gasteiger partial charge in [0.15, 0.2) is 0 Å². The van der Waals surface area contributed by atoms with Gasteiger partial charge in [-0.25, -0.2) is 0 Å². The molecule has 1 saturated carbocycles. The summed E-state index contributed by atoms with van der Waals surface area (Å²) in [5, 5.41) is 23.4. The van der Waals surface area contributed by atoms with E-state index in [0.29, 0.717) is 12.1 Å². The molecule has 92 valence electrons. The lowest BCUT2D eigenvalue weighted by atomic mass is 10.2. The Morgan fingerprint density at radius 1 is 1.47 bits per heavy atom. The summed E-state index contributed by atoms with van der Waals surface area (Å²) in [7, 11) is 0. The summed E-state index contributed by atoms with van der Waals surface area (Å²) < 4.78 is 0.796. The quantitative estimate of drug-likeness (QED) is 0.665. The van der Waals surface area contributed by atoms with Gasteiger partial charge in [0.2, 0.25) is 0 Å². The Balaban J connectivity index is 2.19. The summed E-state index contributed by atoms with van der Waals surface area (Å²) in [4.78, 5) is 10.5. The topological polar surface area (TPSA) is 75.4 Å². The molecule has 0 radical (unpaired) electrons. The lowest BCUT2D eigenvalue weighted by molar-refractivity contribution is -0.384. The smallest absolute Gasteiger partial charge is 0.292 e. The van der Waals surface area contributed by atoms with Crippen LogP contribution in [0, 0.1) is 10.1 Å². The first kappa shape index (κ1) is 12.3. The Morgan fingerprint density at radius 3 is 2.82 bits per heavy atom. The number of aliphatic hydroxyl groups is 1. The lowest BCUT2D eigenvalue weighted by Gasteiger charge is -2.13. The van der Waals surface area contributed by atoms with Crippen molar-refractivity contribution in [2.75, 3.05) is 5.32 Å². The number of nitrogens with one attached hydrogen (secondary N) is 1. The van der Waals surface area contributed by atoms with E-state index in [2.05, 4.69) is 21.2 Å². The molecule has 2 unspecified atom stereocenters. The number of hydrogen-bond acceptors (Lipinski definition) is 4. The standard InChI is InChI=1S/C11H13BrN2O3/c12-7-1-4-11(14(16)17)10(5-7)13-8-2-3-9(15)6-8/h1,4-5,8-9,13,15H,2-3,6H2. The Labute approximate surface area is 107 Å². The fraction of sp³-hybridized carbons (Fsp3) is 0.455. The SMILES string of the molecule is O=[N+]([O-])c1ccc(Br)cc1NC1CCC(O)C1. The first-order valence-electron chi connectivity index (χ1n) is 5.45. The predicted molar refractivity (Wildman–Crippen MR) is 68.1 cm³/mol. The van der Waals surface area contributed by atoms with Crippen LogP contribution in [0.1, 0.15) is 19.3 Å². The molecule has 0 saturated heterocycles. The molecule has 1 aromatic rings. The van der Waals surface area contributed by atoms with Gasteiger partial charge in [0.25, 0.3) is 5.69 Å². The zero-order valence-corrected chi connectivity index (χ0v) is 10.7. The average Bonchev–Trinajstić information content (AvgIpc) is 2.63. The van der Waals surface area contributed by atoms with E-state index in [9.17, 15) is 15.2 Å². The molecule has 2 N–H and O–H groups in total. The highest BCUT2D eigenvalue weighted by Crippen LogP contribution is 2.31. The highest BCUT2D eigenvalue weighted by atomic mass is 79.9. The molecule has 5 nitrogen and oxygen atoms in total. The molecule has 0 aliphatic heterocycles. The van der Waals surface area contributed by atoms with E-state index in [1.807, 2.05) is 0 Å². The van der Waals surface area contributed by atoms with Gasteiger partial charge in [0.1, 0.15) is 5.69 Å². The molecule has 1 aromatic carbocycles. The minimum atomic E-state index is -0.403. The third-order valence-electron chi connectivity index (χ3n) is 2.92. The maximum absolute atomic E-state index is 10.9. The molecular weight excluding hydrogens is 288 g/mol. The maximum Gasteiger partial charge on any atom is 0.292 e. The van der Waals surface area contributed by atoms with E-state index in [1.165, 1.54) is 6.07 Å². The minimum absolute atomic E-state index is 0.0644. The predicted octanol–water partition coefficient (Wildman–Crippen LogP) is 2.68. The van der Waals surface area contributed by atoms with Crippen molar-refractivity contribution in [2.24, 2.45) is 0 Å². The summed E-state index contributed by atoms with van der Waals surface area (Å²) in [6.45, 7) is 0. The van der Waals surface area contributed by atoms with Crippen LogP contribution in [-0.4, -0.2) is 22.2 Å². The molecule has 0 heterocycles. The van der Waals surface area contributed by atoms with Gasteiger partial charge in [-0.05, 0) is 31.4 Å². The monoisotopic (exact) mass is 300 g/mol. The van der Waals surface area contributed by atoms with Crippen LogP contribution in [0.5, 0.6) is 0 Å². The zero-order chi connectivity index (χ0) is 12.4. The van der Waals surface area contributed by atoms with E-state index < -0.39 is 4.92 Å². The summed E-state index contributed by atoms with van der Waals surface area (Å²) in [5.74, 6) is 0. The van der Waals surface area contributed by atoms with Crippen LogP contribution in [0.4, 0.5) is 11.4 Å². The molecule has 17 heavy (non-hydrogen) atoms. The van der Waals surface area contributed by atoms with Crippen LogP contribution >= 0.6 is 15.9 Å². The number of aliphatic hydroxyl groups excluding tert-OH is 1. The number of anilines is 1. The molecule has 1 fully saturated rings. The summed E-state index contributed by atoms with van der Waals surface area (Å²) >= 11 is 3.29. The second kappa shape index (κ2) is 5.01. The first-order chi connectivity index (χ1) is 8.06. The minimum Gasteiger partial charge on any atom is -0.393 e. The van der Waals surface area contributed by atoms with Crippen LogP contribution in [0.2, 0.25) is 0 Å². The van der Waals surface area contributed by atoms with Crippen molar-refractivity contribution in [3.05, 3.63) is 32.8 Å². The van der Waals surface area contributed by atoms with E-state index >= 15 is 0 Å². The molecule has 0 bridgehead atoms. The van der Waals surface area contributed by atoms with Gasteiger partial charge in [0, 0.05) is 16.6 Å². The van der Waals surface area contributed by atoms with Crippen LogP contribution in [0.15, 0.2) is 22.7 Å². The molecule has 0 aromatic heterocycles. The van der Waals surface area contributed by atoms with Crippen molar-refractivity contribution in [3.8, 4) is 0 Å². The Kier molecular flexibility index (Phi) is 3.63. The van der Waals surface area contributed by atoms with E-state index in [1.54, 1.807) is 12.1 Å². The number of nitro groups is 1. The molecule has 2 atom stereocenters. The van der Waals surface area contributed by atoms with E-state index in [4.69, 9.17) is 0 Å². The summed E-state index contributed by atoms with van der Waals surface area (Å²) in [5.41, 5.74) is 0.568. The van der Waals surface area contributed by atoms with E-state index in [0.717, 1.165) is 17.3 Å². The van der Waals surface area contributed by atoms with Gasteiger partial charge < -0.3 is 10.4 Å². The number of nitrogens with zero attached hydrogens (tertiary/aromatic N) is 1. The number of nitro benzene ring substituents is 1. The van der Waals surface area contributed by atoms with Gasteiger partial charge in [-0.1, -0.05) is 15.9 Å². The van der Waals surface area contributed by atoms with Crippen LogP contribution in [0.25, 0.3) is 0 Å². The van der Waals surface area contributed by atoms with E-state index in [-0.39, 0.29) is 17.8 Å².